The third kappa shape index (κ3) is 4.79. The van der Waals surface area contributed by atoms with Crippen LogP contribution in [0.4, 0.5) is 8.78 Å². The molecule has 0 radical (unpaired) electrons. The van der Waals surface area contributed by atoms with Crippen LogP contribution in [0.15, 0.2) is 18.2 Å². The molecule has 18 heavy (non-hydrogen) atoms. The Labute approximate surface area is 105 Å². The second-order valence-electron chi connectivity index (χ2n) is 4.33. The molecule has 1 rings (SSSR count). The van der Waals surface area contributed by atoms with E-state index in [9.17, 15) is 13.6 Å². The number of aliphatic hydroxyl groups excluding tert-OH is 1. The summed E-state index contributed by atoms with van der Waals surface area (Å²) < 4.78 is 26.2. The average Bonchev–Trinajstić information content (AvgIpc) is 2.32. The second kappa shape index (κ2) is 7.06. The van der Waals surface area contributed by atoms with E-state index in [1.807, 2.05) is 6.92 Å². The fourth-order valence-corrected chi connectivity index (χ4v) is 1.52. The highest BCUT2D eigenvalue weighted by atomic mass is 19.1. The van der Waals surface area contributed by atoms with Gasteiger partial charge in [-0.25, -0.2) is 8.78 Å². The van der Waals surface area contributed by atoms with Crippen LogP contribution in [-0.4, -0.2) is 24.2 Å². The molecule has 1 amide bonds. The first-order valence-electron chi connectivity index (χ1n) is 5.84. The maximum absolute atomic E-state index is 13.3. The van der Waals surface area contributed by atoms with E-state index >= 15 is 0 Å². The maximum Gasteiger partial charge on any atom is 0.224 e. The summed E-state index contributed by atoms with van der Waals surface area (Å²) in [6.45, 7) is 2.37. The van der Waals surface area contributed by atoms with Gasteiger partial charge in [-0.1, -0.05) is 6.92 Å². The molecule has 2 N–H and O–H groups in total. The summed E-state index contributed by atoms with van der Waals surface area (Å²) >= 11 is 0. The smallest absolute Gasteiger partial charge is 0.224 e. The summed E-state index contributed by atoms with van der Waals surface area (Å²) in [6, 6.07) is 3.04. The number of halogens is 2. The number of carbonyl (C=O) groups is 1. The fourth-order valence-electron chi connectivity index (χ4n) is 1.52. The van der Waals surface area contributed by atoms with Crippen molar-refractivity contribution in [2.75, 3.05) is 13.2 Å². The Balaban J connectivity index is 2.47. The zero-order valence-electron chi connectivity index (χ0n) is 10.2. The lowest BCUT2D eigenvalue weighted by Crippen LogP contribution is -2.30. The number of carbonyl (C=O) groups excluding carboxylic acids is 1. The standard InChI is InChI=1S/C13H17F2NO2/c1-9(4-5-17)8-16-13(18)7-10-6-11(14)2-3-12(10)15/h2-3,6,9,17H,4-5,7-8H2,1H3,(H,16,18). The van der Waals surface area contributed by atoms with Gasteiger partial charge in [0.1, 0.15) is 11.6 Å². The van der Waals surface area contributed by atoms with Crippen molar-refractivity contribution in [1.82, 2.24) is 5.32 Å². The highest BCUT2D eigenvalue weighted by Crippen LogP contribution is 2.10. The summed E-state index contributed by atoms with van der Waals surface area (Å²) in [5.74, 6) is -1.36. The van der Waals surface area contributed by atoms with Crippen LogP contribution in [0.1, 0.15) is 18.9 Å². The Morgan fingerprint density at radius 1 is 1.44 bits per heavy atom. The largest absolute Gasteiger partial charge is 0.396 e. The molecule has 0 aliphatic heterocycles. The first kappa shape index (κ1) is 14.6. The van der Waals surface area contributed by atoms with Crippen molar-refractivity contribution in [1.29, 1.82) is 0 Å². The van der Waals surface area contributed by atoms with Crippen LogP contribution in [0.25, 0.3) is 0 Å². The minimum Gasteiger partial charge on any atom is -0.396 e. The summed E-state index contributed by atoms with van der Waals surface area (Å²) in [6.07, 6.45) is 0.407. The molecule has 1 unspecified atom stereocenters. The van der Waals surface area contributed by atoms with Crippen molar-refractivity contribution >= 4 is 5.91 Å². The number of nitrogens with one attached hydrogen (secondary N) is 1. The van der Waals surface area contributed by atoms with Crippen molar-refractivity contribution in [3.63, 3.8) is 0 Å². The van der Waals surface area contributed by atoms with Gasteiger partial charge in [-0.2, -0.15) is 0 Å². The van der Waals surface area contributed by atoms with Gasteiger partial charge in [0.2, 0.25) is 5.91 Å². The molecule has 0 aliphatic rings. The number of hydrogen-bond donors (Lipinski definition) is 2. The monoisotopic (exact) mass is 257 g/mol. The summed E-state index contributed by atoms with van der Waals surface area (Å²) in [7, 11) is 0. The average molecular weight is 257 g/mol. The molecule has 0 aliphatic carbocycles. The lowest BCUT2D eigenvalue weighted by atomic mass is 10.1. The quantitative estimate of drug-likeness (QED) is 0.814. The highest BCUT2D eigenvalue weighted by Gasteiger charge is 2.10. The molecule has 0 saturated heterocycles. The molecule has 0 spiro atoms. The van der Waals surface area contributed by atoms with Crippen LogP contribution in [0.5, 0.6) is 0 Å². The first-order valence-corrected chi connectivity index (χ1v) is 5.84. The zero-order chi connectivity index (χ0) is 13.5. The minimum atomic E-state index is -0.588. The van der Waals surface area contributed by atoms with E-state index in [2.05, 4.69) is 5.32 Å². The Hall–Kier alpha value is -1.49. The molecule has 5 heteroatoms. The number of aliphatic hydroxyl groups is 1. The molecule has 0 aromatic heterocycles. The Bertz CT molecular complexity index is 410. The van der Waals surface area contributed by atoms with Crippen molar-refractivity contribution < 1.29 is 18.7 Å². The van der Waals surface area contributed by atoms with Crippen LogP contribution >= 0.6 is 0 Å². The van der Waals surface area contributed by atoms with Crippen molar-refractivity contribution in [2.24, 2.45) is 5.92 Å². The predicted octanol–water partition coefficient (Wildman–Crippen LogP) is 1.64. The predicted molar refractivity (Wildman–Crippen MR) is 63.9 cm³/mol. The van der Waals surface area contributed by atoms with Gasteiger partial charge in [0.15, 0.2) is 0 Å². The van der Waals surface area contributed by atoms with Gasteiger partial charge < -0.3 is 10.4 Å². The van der Waals surface area contributed by atoms with E-state index in [1.54, 1.807) is 0 Å². The van der Waals surface area contributed by atoms with Crippen LogP contribution in [0.2, 0.25) is 0 Å². The van der Waals surface area contributed by atoms with Gasteiger partial charge in [-0.05, 0) is 30.5 Å². The van der Waals surface area contributed by atoms with Crippen LogP contribution in [0, 0.1) is 17.6 Å². The molecule has 0 heterocycles. The molecule has 3 nitrogen and oxygen atoms in total. The number of amides is 1. The molecule has 1 aromatic rings. The summed E-state index contributed by atoms with van der Waals surface area (Å²) in [4.78, 5) is 11.5. The zero-order valence-corrected chi connectivity index (χ0v) is 10.2. The van der Waals surface area contributed by atoms with Gasteiger partial charge in [0.25, 0.3) is 0 Å². The minimum absolute atomic E-state index is 0.0438. The fraction of sp³-hybridized carbons (Fsp3) is 0.462. The molecule has 0 bridgehead atoms. The maximum atomic E-state index is 13.3. The van der Waals surface area contributed by atoms with E-state index in [0.29, 0.717) is 13.0 Å². The van der Waals surface area contributed by atoms with E-state index in [0.717, 1.165) is 18.2 Å². The SMILES string of the molecule is CC(CCO)CNC(=O)Cc1cc(F)ccc1F. The topological polar surface area (TPSA) is 49.3 Å². The number of hydrogen-bond acceptors (Lipinski definition) is 2. The summed E-state index contributed by atoms with van der Waals surface area (Å²) in [5, 5.41) is 11.3. The normalized spacial score (nSPS) is 12.2. The highest BCUT2D eigenvalue weighted by molar-refractivity contribution is 5.78. The van der Waals surface area contributed by atoms with Crippen molar-refractivity contribution in [2.45, 2.75) is 19.8 Å². The lowest BCUT2D eigenvalue weighted by molar-refractivity contribution is -0.120. The number of rotatable bonds is 6. The third-order valence-electron chi connectivity index (χ3n) is 2.63. The van der Waals surface area contributed by atoms with Crippen LogP contribution < -0.4 is 5.32 Å². The van der Waals surface area contributed by atoms with Gasteiger partial charge in [0, 0.05) is 18.7 Å². The Morgan fingerprint density at radius 2 is 2.17 bits per heavy atom. The van der Waals surface area contributed by atoms with E-state index in [4.69, 9.17) is 5.11 Å². The summed E-state index contributed by atoms with van der Waals surface area (Å²) in [5.41, 5.74) is 0.0438. The third-order valence-corrected chi connectivity index (χ3v) is 2.63. The molecular weight excluding hydrogens is 240 g/mol. The van der Waals surface area contributed by atoms with Crippen molar-refractivity contribution in [3.8, 4) is 0 Å². The number of benzene rings is 1. The van der Waals surface area contributed by atoms with E-state index < -0.39 is 11.6 Å². The van der Waals surface area contributed by atoms with E-state index in [-0.39, 0.29) is 30.4 Å². The van der Waals surface area contributed by atoms with Gasteiger partial charge in [-0.3, -0.25) is 4.79 Å². The first-order chi connectivity index (χ1) is 8.52. The molecule has 100 valence electrons. The van der Waals surface area contributed by atoms with E-state index in [1.165, 1.54) is 0 Å². The Morgan fingerprint density at radius 3 is 2.83 bits per heavy atom. The van der Waals surface area contributed by atoms with Gasteiger partial charge in [-0.15, -0.1) is 0 Å². The van der Waals surface area contributed by atoms with Crippen LogP contribution in [0.3, 0.4) is 0 Å². The lowest BCUT2D eigenvalue weighted by Gasteiger charge is -2.11. The van der Waals surface area contributed by atoms with Crippen molar-refractivity contribution in [3.05, 3.63) is 35.4 Å². The molecule has 0 fully saturated rings. The molecule has 1 aromatic carbocycles. The molecular formula is C13H17F2NO2. The van der Waals surface area contributed by atoms with Crippen LogP contribution in [-0.2, 0) is 11.2 Å². The Kier molecular flexibility index (Phi) is 5.71. The van der Waals surface area contributed by atoms with Gasteiger partial charge >= 0.3 is 0 Å². The molecule has 1 atom stereocenters. The second-order valence-corrected chi connectivity index (χ2v) is 4.33. The van der Waals surface area contributed by atoms with Gasteiger partial charge in [0.05, 0.1) is 6.42 Å². The molecule has 0 saturated carbocycles.